The Balaban J connectivity index is 0.00000144. The molecule has 0 fully saturated rings. The second kappa shape index (κ2) is 4.33. The van der Waals surface area contributed by atoms with E-state index < -0.39 is 17.6 Å². The monoisotopic (exact) mass is 178 g/mol. The summed E-state index contributed by atoms with van der Waals surface area (Å²) in [7, 11) is 0. The molecule has 1 rings (SSSR count). The van der Waals surface area contributed by atoms with E-state index in [1.54, 1.807) is 0 Å². The predicted octanol–water partition coefficient (Wildman–Crippen LogP) is -0.438. The first-order valence-electron chi connectivity index (χ1n) is 3.04. The third kappa shape index (κ3) is 2.35. The molecule has 0 aliphatic rings. The standard InChI is InChI=1S/C7H5NO4.Be.2H/c9-6(10)4-2-1-3-8-5(4)7(11)12;;;/h1-3H,(H,9,10)(H,11,12);;;. The van der Waals surface area contributed by atoms with E-state index >= 15 is 0 Å². The number of carboxylic acid groups (broad SMARTS) is 2. The van der Waals surface area contributed by atoms with Gasteiger partial charge in [0, 0.05) is 6.20 Å². The summed E-state index contributed by atoms with van der Waals surface area (Å²) >= 11 is 0. The van der Waals surface area contributed by atoms with Gasteiger partial charge in [-0.3, -0.25) is 0 Å². The summed E-state index contributed by atoms with van der Waals surface area (Å²) in [6.07, 6.45) is 1.23. The Morgan fingerprint density at radius 3 is 2.23 bits per heavy atom. The zero-order valence-corrected chi connectivity index (χ0v) is 5.89. The van der Waals surface area contributed by atoms with Gasteiger partial charge in [-0.1, -0.05) is 0 Å². The van der Waals surface area contributed by atoms with Crippen LogP contribution in [0.4, 0.5) is 0 Å². The maximum absolute atomic E-state index is 10.4. The Bertz CT molecular complexity index is 306. The number of hydrogen-bond donors (Lipinski definition) is 2. The Labute approximate surface area is 77.3 Å². The summed E-state index contributed by atoms with van der Waals surface area (Å²) in [6.45, 7) is 0. The quantitative estimate of drug-likeness (QED) is 0.599. The molecule has 0 radical (unpaired) electrons. The van der Waals surface area contributed by atoms with E-state index in [-0.39, 0.29) is 15.7 Å². The Hall–Kier alpha value is -1.74. The van der Waals surface area contributed by atoms with Crippen LogP contribution in [0.3, 0.4) is 0 Å². The first-order chi connectivity index (χ1) is 5.63. The molecule has 0 saturated heterocycles. The van der Waals surface area contributed by atoms with Gasteiger partial charge < -0.3 is 10.2 Å². The van der Waals surface area contributed by atoms with Gasteiger partial charge in [0.2, 0.25) is 0 Å². The summed E-state index contributed by atoms with van der Waals surface area (Å²) in [5.74, 6) is -2.63. The number of carbonyl (C=O) groups is 2. The molecule has 13 heavy (non-hydrogen) atoms. The Morgan fingerprint density at radius 2 is 1.85 bits per heavy atom. The number of rotatable bonds is 2. The molecule has 6 heteroatoms. The number of nitrogens with zero attached hydrogens (tertiary/aromatic N) is 1. The molecule has 0 aromatic carbocycles. The van der Waals surface area contributed by atoms with Gasteiger partial charge in [-0.2, -0.15) is 0 Å². The SMILES string of the molecule is O=C(O)c1cccnc1C(=O)O.[BeH2]. The van der Waals surface area contributed by atoms with Crippen LogP contribution in [0.5, 0.6) is 0 Å². The van der Waals surface area contributed by atoms with Crippen LogP contribution in [-0.4, -0.2) is 37.3 Å². The number of carboxylic acids is 2. The molecule has 0 aliphatic carbocycles. The second-order valence-corrected chi connectivity index (χ2v) is 2.01. The van der Waals surface area contributed by atoms with Crippen molar-refractivity contribution in [3.05, 3.63) is 29.6 Å². The van der Waals surface area contributed by atoms with Gasteiger partial charge in [-0.05, 0) is 12.1 Å². The summed E-state index contributed by atoms with van der Waals surface area (Å²) < 4.78 is 0. The van der Waals surface area contributed by atoms with Crippen LogP contribution in [0.25, 0.3) is 0 Å². The molecule has 0 aliphatic heterocycles. The molecular weight excluding hydrogens is 171 g/mol. The Kier molecular flexibility index (Phi) is 3.75. The fraction of sp³-hybridized carbons (Fsp3) is 0. The molecule has 0 spiro atoms. The molecule has 1 heterocycles. The summed E-state index contributed by atoms with van der Waals surface area (Å²) in [4.78, 5) is 24.2. The zero-order valence-electron chi connectivity index (χ0n) is 5.89. The molecule has 1 aromatic heterocycles. The van der Waals surface area contributed by atoms with Crippen LogP contribution in [0.2, 0.25) is 0 Å². The van der Waals surface area contributed by atoms with Crippen molar-refractivity contribution in [2.24, 2.45) is 0 Å². The van der Waals surface area contributed by atoms with Gasteiger partial charge in [-0.15, -0.1) is 0 Å². The van der Waals surface area contributed by atoms with E-state index in [0.29, 0.717) is 0 Å². The maximum atomic E-state index is 10.4. The zero-order chi connectivity index (χ0) is 9.14. The normalized spacial score (nSPS) is 8.62. The van der Waals surface area contributed by atoms with Gasteiger partial charge in [-0.25, -0.2) is 14.6 Å². The number of hydrogen-bond acceptors (Lipinski definition) is 3. The van der Waals surface area contributed by atoms with Crippen LogP contribution in [-0.2, 0) is 0 Å². The van der Waals surface area contributed by atoms with Crippen molar-refractivity contribution < 1.29 is 19.8 Å². The van der Waals surface area contributed by atoms with Gasteiger partial charge in [0.05, 0.1) is 5.56 Å². The van der Waals surface area contributed by atoms with Crippen molar-refractivity contribution in [2.45, 2.75) is 0 Å². The third-order valence-electron chi connectivity index (χ3n) is 1.24. The molecule has 0 amide bonds. The minimum absolute atomic E-state index is 0. The van der Waals surface area contributed by atoms with Crippen molar-refractivity contribution in [2.75, 3.05) is 0 Å². The van der Waals surface area contributed by atoms with Crippen LogP contribution in [0, 0.1) is 0 Å². The molecule has 0 bridgehead atoms. The van der Waals surface area contributed by atoms with Crippen LogP contribution in [0.1, 0.15) is 20.8 Å². The van der Waals surface area contributed by atoms with Crippen molar-refractivity contribution in [1.29, 1.82) is 0 Å². The van der Waals surface area contributed by atoms with Crippen LogP contribution >= 0.6 is 0 Å². The van der Waals surface area contributed by atoms with E-state index in [9.17, 15) is 9.59 Å². The van der Waals surface area contributed by atoms with Crippen molar-refractivity contribution >= 4 is 22.1 Å². The molecule has 66 valence electrons. The first kappa shape index (κ1) is 11.3. The second-order valence-electron chi connectivity index (χ2n) is 2.01. The van der Waals surface area contributed by atoms with Crippen LogP contribution < -0.4 is 0 Å². The number of aromatic carboxylic acids is 2. The fourth-order valence-electron chi connectivity index (χ4n) is 0.748. The van der Waals surface area contributed by atoms with E-state index in [2.05, 4.69) is 4.98 Å². The summed E-state index contributed by atoms with van der Waals surface area (Å²) in [5.41, 5.74) is -0.741. The van der Waals surface area contributed by atoms with Gasteiger partial charge in [0.25, 0.3) is 0 Å². The van der Waals surface area contributed by atoms with E-state index in [1.165, 1.54) is 18.3 Å². The molecule has 1 aromatic rings. The minimum atomic E-state index is -1.34. The Morgan fingerprint density at radius 1 is 1.23 bits per heavy atom. The third-order valence-corrected chi connectivity index (χ3v) is 1.24. The molecule has 0 unspecified atom stereocenters. The van der Waals surface area contributed by atoms with Crippen molar-refractivity contribution in [1.82, 2.24) is 4.98 Å². The molecule has 5 nitrogen and oxygen atoms in total. The fourth-order valence-corrected chi connectivity index (χ4v) is 0.748. The topological polar surface area (TPSA) is 87.5 Å². The van der Waals surface area contributed by atoms with E-state index in [4.69, 9.17) is 10.2 Å². The number of aromatic nitrogens is 1. The molecule has 0 saturated carbocycles. The van der Waals surface area contributed by atoms with Crippen molar-refractivity contribution in [3.8, 4) is 0 Å². The van der Waals surface area contributed by atoms with Gasteiger partial charge in [0.15, 0.2) is 5.69 Å². The average Bonchev–Trinajstić information content (AvgIpc) is 2.04. The van der Waals surface area contributed by atoms with Gasteiger partial charge >= 0.3 is 22.1 Å². The van der Waals surface area contributed by atoms with Gasteiger partial charge in [0.1, 0.15) is 0 Å². The summed E-state index contributed by atoms with van der Waals surface area (Å²) in [6, 6.07) is 2.56. The van der Waals surface area contributed by atoms with Crippen LogP contribution in [0.15, 0.2) is 18.3 Å². The molecule has 0 atom stereocenters. The van der Waals surface area contributed by atoms with Crippen molar-refractivity contribution in [3.63, 3.8) is 0 Å². The van der Waals surface area contributed by atoms with E-state index in [1.807, 2.05) is 0 Å². The van der Waals surface area contributed by atoms with E-state index in [0.717, 1.165) is 0 Å². The first-order valence-corrected chi connectivity index (χ1v) is 3.04. The average molecular weight is 178 g/mol. The molecule has 2 N–H and O–H groups in total. The molecular formula is C7H7BeNO4. The predicted molar refractivity (Wildman–Crippen MR) is 46.7 cm³/mol. The summed E-state index contributed by atoms with van der Waals surface area (Å²) in [5, 5.41) is 17.0. The number of pyridine rings is 1.